The Morgan fingerprint density at radius 3 is 0.682 bits per heavy atom. The molecule has 0 fully saturated rings. The van der Waals surface area contributed by atoms with E-state index in [0.29, 0.717) is 0 Å². The lowest BCUT2D eigenvalue weighted by atomic mass is 10.4. The SMILES string of the molecule is O=[N+]([O-])[O-].O=[N+]([O-])[O-].O=[N+]([O-])[O-].O=[N+]([O-])[O-].OCC(O)CO. The molecule has 0 aromatic rings. The van der Waals surface area contributed by atoms with Crippen molar-refractivity contribution >= 4 is 0 Å². The van der Waals surface area contributed by atoms with E-state index in [2.05, 4.69) is 0 Å². The Kier molecular flexibility index (Phi) is 37.3. The van der Waals surface area contributed by atoms with Gasteiger partial charge in [0.25, 0.3) is 0 Å². The van der Waals surface area contributed by atoms with Gasteiger partial charge in [0, 0.05) is 0 Å². The summed E-state index contributed by atoms with van der Waals surface area (Å²) in [6.07, 6.45) is -0.954. The van der Waals surface area contributed by atoms with E-state index in [1.165, 1.54) is 0 Å². The van der Waals surface area contributed by atoms with Gasteiger partial charge in [-0.2, -0.15) is 0 Å². The Hall–Kier alpha value is -3.32. The fraction of sp³-hybridized carbons (Fsp3) is 1.00. The zero-order chi connectivity index (χ0) is 19.3. The zero-order valence-electron chi connectivity index (χ0n) is 10.0. The smallest absolute Gasteiger partial charge is 0.100 e. The van der Waals surface area contributed by atoms with Crippen molar-refractivity contribution in [2.24, 2.45) is 0 Å². The molecule has 0 spiro atoms. The molecule has 0 atom stereocenters. The van der Waals surface area contributed by atoms with Crippen molar-refractivity contribution < 1.29 is 35.7 Å². The van der Waals surface area contributed by atoms with E-state index in [-0.39, 0.29) is 13.2 Å². The lowest BCUT2D eigenvalue weighted by molar-refractivity contribution is -0.403. The summed E-state index contributed by atoms with van der Waals surface area (Å²) in [7, 11) is 0. The van der Waals surface area contributed by atoms with E-state index in [1.807, 2.05) is 0 Å². The summed E-state index contributed by atoms with van der Waals surface area (Å²) in [5.74, 6) is 0. The third kappa shape index (κ3) is 8870. The summed E-state index contributed by atoms with van der Waals surface area (Å²) in [5.41, 5.74) is 0. The molecule has 0 aromatic carbocycles. The van der Waals surface area contributed by atoms with Crippen LogP contribution in [0.4, 0.5) is 0 Å². The highest BCUT2D eigenvalue weighted by Gasteiger charge is 1.93. The van der Waals surface area contributed by atoms with E-state index >= 15 is 0 Å². The summed E-state index contributed by atoms with van der Waals surface area (Å²) in [5, 5.41) is 83.0. The molecule has 0 aromatic heterocycles. The molecule has 0 amide bonds. The van der Waals surface area contributed by atoms with Crippen LogP contribution < -0.4 is 0 Å². The van der Waals surface area contributed by atoms with Gasteiger partial charge in [-0.15, -0.1) is 0 Å². The second kappa shape index (κ2) is 26.3. The Labute approximate surface area is 117 Å². The summed E-state index contributed by atoms with van der Waals surface area (Å²) in [4.78, 5) is 33.0. The van der Waals surface area contributed by atoms with E-state index in [1.54, 1.807) is 0 Å². The second-order valence-electron chi connectivity index (χ2n) is 1.91. The molecule has 0 saturated carbocycles. The molecule has 134 valence electrons. The van der Waals surface area contributed by atoms with E-state index < -0.39 is 26.5 Å². The molecule has 0 radical (unpaired) electrons. The highest BCUT2D eigenvalue weighted by molar-refractivity contribution is 4.44. The summed E-state index contributed by atoms with van der Waals surface area (Å²) >= 11 is 0. The van der Waals surface area contributed by atoms with Crippen LogP contribution in [0.15, 0.2) is 0 Å². The monoisotopic (exact) mass is 340 g/mol. The Balaban J connectivity index is -0.0000000555. The Morgan fingerprint density at radius 1 is 0.591 bits per heavy atom. The normalized spacial score (nSPS) is 7.09. The molecular weight excluding hydrogens is 332 g/mol. The van der Waals surface area contributed by atoms with Crippen LogP contribution in [0.3, 0.4) is 0 Å². The molecule has 0 bridgehead atoms. The molecule has 19 heteroatoms. The van der Waals surface area contributed by atoms with Crippen molar-refractivity contribution in [1.82, 2.24) is 0 Å². The largest absolute Gasteiger partial charge is 0.394 e. The lowest BCUT2D eigenvalue weighted by Crippen LogP contribution is -2.15. The highest BCUT2D eigenvalue weighted by atomic mass is 16.9. The first kappa shape index (κ1) is 31.2. The molecule has 22 heavy (non-hydrogen) atoms. The van der Waals surface area contributed by atoms with E-state index in [4.69, 9.17) is 76.6 Å². The topological polar surface area (TPSA) is 325 Å². The summed E-state index contributed by atoms with van der Waals surface area (Å²) in [6, 6.07) is 0. The molecule has 0 unspecified atom stereocenters. The van der Waals surface area contributed by atoms with Crippen molar-refractivity contribution in [3.05, 3.63) is 61.3 Å². The number of rotatable bonds is 2. The fourth-order valence-electron chi connectivity index (χ4n) is 0.0577. The average molecular weight is 340 g/mol. The van der Waals surface area contributed by atoms with E-state index in [9.17, 15) is 0 Å². The van der Waals surface area contributed by atoms with Gasteiger partial charge in [-0.05, 0) is 0 Å². The highest BCUT2D eigenvalue weighted by Crippen LogP contribution is 1.71. The molecular formula is C3H8N4O15-4. The number of aliphatic hydroxyl groups is 3. The maximum Gasteiger partial charge on any atom is 0.100 e. The third-order valence-electron chi connectivity index (χ3n) is 0.421. The van der Waals surface area contributed by atoms with Gasteiger partial charge in [0.2, 0.25) is 0 Å². The van der Waals surface area contributed by atoms with Gasteiger partial charge in [0.1, 0.15) is 6.10 Å². The van der Waals surface area contributed by atoms with E-state index in [0.717, 1.165) is 0 Å². The van der Waals surface area contributed by atoms with Crippen LogP contribution in [-0.4, -0.2) is 55.0 Å². The van der Waals surface area contributed by atoms with Crippen molar-refractivity contribution in [2.75, 3.05) is 13.2 Å². The fourth-order valence-corrected chi connectivity index (χ4v) is 0.0577. The minimum atomic E-state index is -1.75. The van der Waals surface area contributed by atoms with Crippen LogP contribution >= 0.6 is 0 Å². The van der Waals surface area contributed by atoms with Gasteiger partial charge in [0.15, 0.2) is 0 Å². The molecule has 0 aliphatic heterocycles. The first-order valence-electron chi connectivity index (χ1n) is 3.90. The average Bonchev–Trinajstić information content (AvgIpc) is 2.24. The van der Waals surface area contributed by atoms with Crippen LogP contribution in [0.5, 0.6) is 0 Å². The van der Waals surface area contributed by atoms with Crippen molar-refractivity contribution in [1.29, 1.82) is 0 Å². The van der Waals surface area contributed by atoms with Crippen LogP contribution in [0.1, 0.15) is 0 Å². The number of nitrogens with zero attached hydrogens (tertiary/aromatic N) is 4. The van der Waals surface area contributed by atoms with Crippen LogP contribution in [0.2, 0.25) is 0 Å². The van der Waals surface area contributed by atoms with Crippen molar-refractivity contribution in [3.63, 3.8) is 0 Å². The Bertz CT molecular complexity index is 225. The molecule has 0 heterocycles. The van der Waals surface area contributed by atoms with Crippen LogP contribution in [0, 0.1) is 61.3 Å². The standard InChI is InChI=1S/C3H8O3.4NO3/c4-1-3(6)2-5;4*2-1(3)4/h3-6H,1-2H2;;;;/q;4*-1. The van der Waals surface area contributed by atoms with Crippen LogP contribution in [0.25, 0.3) is 0 Å². The maximum absolute atomic E-state index is 8.25. The maximum atomic E-state index is 8.25. The molecule has 3 N–H and O–H groups in total. The van der Waals surface area contributed by atoms with Gasteiger partial charge in [-0.3, -0.25) is 0 Å². The molecule has 0 saturated heterocycles. The minimum absolute atomic E-state index is 0.365. The first-order valence-corrected chi connectivity index (χ1v) is 3.90. The molecule has 0 rings (SSSR count). The van der Waals surface area contributed by atoms with Gasteiger partial charge in [-0.1, -0.05) is 0 Å². The lowest BCUT2D eigenvalue weighted by Gasteiger charge is -1.96. The van der Waals surface area contributed by atoms with Gasteiger partial charge in [-0.25, -0.2) is 0 Å². The van der Waals surface area contributed by atoms with Crippen LogP contribution in [-0.2, 0) is 0 Å². The quantitative estimate of drug-likeness (QED) is 0.341. The van der Waals surface area contributed by atoms with Gasteiger partial charge < -0.3 is 76.6 Å². The predicted octanol–water partition coefficient (Wildman–Crippen LogP) is -2.62. The zero-order valence-corrected chi connectivity index (χ0v) is 10.0. The summed E-state index contributed by atoms with van der Waals surface area (Å²) in [6.45, 7) is -0.729. The molecule has 0 aliphatic rings. The molecule has 0 aliphatic carbocycles. The summed E-state index contributed by atoms with van der Waals surface area (Å²) < 4.78 is 0. The third-order valence-corrected chi connectivity index (χ3v) is 0.421. The van der Waals surface area contributed by atoms with Crippen molar-refractivity contribution in [3.8, 4) is 0 Å². The second-order valence-corrected chi connectivity index (χ2v) is 1.91. The number of hydrogen-bond donors (Lipinski definition) is 3. The number of aliphatic hydroxyl groups excluding tert-OH is 3. The minimum Gasteiger partial charge on any atom is -0.394 e. The first-order chi connectivity index (χ1) is 9.74. The predicted molar refractivity (Wildman–Crippen MR) is 61.6 cm³/mol. The molecule has 19 nitrogen and oxygen atoms in total. The number of hydrogen-bond acceptors (Lipinski definition) is 15. The Morgan fingerprint density at radius 2 is 0.682 bits per heavy atom. The van der Waals surface area contributed by atoms with Gasteiger partial charge >= 0.3 is 0 Å². The van der Waals surface area contributed by atoms with Crippen molar-refractivity contribution in [2.45, 2.75) is 6.10 Å². The van der Waals surface area contributed by atoms with Gasteiger partial charge in [0.05, 0.1) is 33.6 Å².